The second-order valence-corrected chi connectivity index (χ2v) is 7.21. The molecule has 0 bridgehead atoms. The fourth-order valence-corrected chi connectivity index (χ4v) is 3.32. The first-order valence-corrected chi connectivity index (χ1v) is 10.4. The van der Waals surface area contributed by atoms with Crippen LogP contribution in [0.15, 0.2) is 24.6 Å². The number of allylic oxidation sites excluding steroid dienone is 2. The first-order valence-electron chi connectivity index (χ1n) is 10.4. The second-order valence-electron chi connectivity index (χ2n) is 7.21. The van der Waals surface area contributed by atoms with E-state index in [4.69, 9.17) is 5.73 Å². The predicted octanol–water partition coefficient (Wildman–Crippen LogP) is 5.64. The van der Waals surface area contributed by atoms with Gasteiger partial charge in [0.2, 0.25) is 0 Å². The molecule has 0 amide bonds. The molecule has 0 saturated carbocycles. The van der Waals surface area contributed by atoms with Gasteiger partial charge in [-0.3, -0.25) is 0 Å². The third-order valence-corrected chi connectivity index (χ3v) is 4.86. The van der Waals surface area contributed by atoms with Crippen molar-refractivity contribution in [3.05, 3.63) is 24.6 Å². The highest BCUT2D eigenvalue weighted by atomic mass is 15.3. The van der Waals surface area contributed by atoms with Crippen LogP contribution >= 0.6 is 0 Å². The minimum Gasteiger partial charge on any atom is -0.370 e. The summed E-state index contributed by atoms with van der Waals surface area (Å²) in [7, 11) is 0. The predicted molar refractivity (Wildman–Crippen MR) is 106 cm³/mol. The second kappa shape index (κ2) is 14.4. The highest BCUT2D eigenvalue weighted by Gasteiger charge is 2.19. The molecule has 0 radical (unpaired) electrons. The van der Waals surface area contributed by atoms with Gasteiger partial charge in [0.05, 0.1) is 12.3 Å². The minimum atomic E-state index is 0.0804. The molecule has 0 saturated heterocycles. The van der Waals surface area contributed by atoms with E-state index in [1.165, 1.54) is 70.6 Å². The van der Waals surface area contributed by atoms with Gasteiger partial charge in [-0.1, -0.05) is 76.9 Å². The molecule has 3 N–H and O–H groups in total. The van der Waals surface area contributed by atoms with E-state index in [9.17, 15) is 0 Å². The Kier molecular flexibility index (Phi) is 12.6. The molecule has 2 unspecified atom stereocenters. The lowest BCUT2D eigenvalue weighted by molar-refractivity contribution is 0.213. The molecule has 1 aliphatic rings. The van der Waals surface area contributed by atoms with Crippen LogP contribution in [0.5, 0.6) is 0 Å². The molecule has 2 atom stereocenters. The van der Waals surface area contributed by atoms with Crippen LogP contribution in [-0.4, -0.2) is 17.2 Å². The number of nitrogens with zero attached hydrogens (tertiary/aromatic N) is 1. The van der Waals surface area contributed by atoms with Crippen LogP contribution < -0.4 is 11.1 Å². The molecule has 1 heterocycles. The summed E-state index contributed by atoms with van der Waals surface area (Å²) in [6.07, 6.45) is 26.8. The first-order chi connectivity index (χ1) is 11.8. The average molecular weight is 336 g/mol. The lowest BCUT2D eigenvalue weighted by Crippen LogP contribution is -2.44. The fraction of sp³-hybridized carbons (Fsp3) is 0.810. The van der Waals surface area contributed by atoms with Gasteiger partial charge in [0, 0.05) is 12.4 Å². The zero-order chi connectivity index (χ0) is 17.5. The molecule has 24 heavy (non-hydrogen) atoms. The van der Waals surface area contributed by atoms with E-state index in [0.717, 1.165) is 12.8 Å². The van der Waals surface area contributed by atoms with Gasteiger partial charge in [0.1, 0.15) is 0 Å². The van der Waals surface area contributed by atoms with Crippen molar-refractivity contribution in [1.82, 2.24) is 10.2 Å². The zero-order valence-corrected chi connectivity index (χ0v) is 16.2. The SMILES string of the molecule is CCCCCCCCCCCC/C=C/CCC1NC=CN1C(C)N. The van der Waals surface area contributed by atoms with Crippen molar-refractivity contribution in [3.63, 3.8) is 0 Å². The van der Waals surface area contributed by atoms with Crippen LogP contribution in [0, 0.1) is 0 Å². The van der Waals surface area contributed by atoms with Gasteiger partial charge in [-0.15, -0.1) is 0 Å². The molecule has 0 aromatic carbocycles. The van der Waals surface area contributed by atoms with Crippen molar-refractivity contribution in [2.45, 2.75) is 110 Å². The van der Waals surface area contributed by atoms with Crippen molar-refractivity contribution in [3.8, 4) is 0 Å². The Morgan fingerprint density at radius 2 is 1.54 bits per heavy atom. The van der Waals surface area contributed by atoms with Gasteiger partial charge in [-0.25, -0.2) is 0 Å². The average Bonchev–Trinajstić information content (AvgIpc) is 3.04. The van der Waals surface area contributed by atoms with Gasteiger partial charge >= 0.3 is 0 Å². The molecule has 3 heteroatoms. The van der Waals surface area contributed by atoms with Crippen LogP contribution in [-0.2, 0) is 0 Å². The maximum atomic E-state index is 5.95. The summed E-state index contributed by atoms with van der Waals surface area (Å²) in [5.74, 6) is 0. The lowest BCUT2D eigenvalue weighted by atomic mass is 10.1. The molecule has 1 rings (SSSR count). The lowest BCUT2D eigenvalue weighted by Gasteiger charge is -2.28. The van der Waals surface area contributed by atoms with Crippen LogP contribution in [0.4, 0.5) is 0 Å². The van der Waals surface area contributed by atoms with Crippen molar-refractivity contribution in [1.29, 1.82) is 0 Å². The largest absolute Gasteiger partial charge is 0.370 e. The molecule has 3 nitrogen and oxygen atoms in total. The smallest absolute Gasteiger partial charge is 0.0998 e. The topological polar surface area (TPSA) is 41.3 Å². The van der Waals surface area contributed by atoms with Gasteiger partial charge in [0.15, 0.2) is 0 Å². The third-order valence-electron chi connectivity index (χ3n) is 4.86. The molecule has 0 aromatic rings. The van der Waals surface area contributed by atoms with Crippen molar-refractivity contribution in [2.75, 3.05) is 0 Å². The molecule has 0 aliphatic carbocycles. The highest BCUT2D eigenvalue weighted by Crippen LogP contribution is 2.14. The van der Waals surface area contributed by atoms with Gasteiger partial charge in [0.25, 0.3) is 0 Å². The Balaban J connectivity index is 1.85. The van der Waals surface area contributed by atoms with Crippen LogP contribution in [0.1, 0.15) is 97.3 Å². The molecular formula is C21H41N3. The van der Waals surface area contributed by atoms with E-state index in [1.807, 2.05) is 13.1 Å². The van der Waals surface area contributed by atoms with E-state index >= 15 is 0 Å². The number of nitrogens with one attached hydrogen (secondary N) is 1. The van der Waals surface area contributed by atoms with Crippen molar-refractivity contribution in [2.24, 2.45) is 5.73 Å². The molecule has 0 aromatic heterocycles. The molecule has 1 aliphatic heterocycles. The highest BCUT2D eigenvalue weighted by molar-refractivity contribution is 4.96. The van der Waals surface area contributed by atoms with E-state index in [1.54, 1.807) is 0 Å². The summed E-state index contributed by atoms with van der Waals surface area (Å²) in [5, 5.41) is 3.37. The summed E-state index contributed by atoms with van der Waals surface area (Å²) in [5.41, 5.74) is 5.95. The van der Waals surface area contributed by atoms with Crippen LogP contribution in [0.2, 0.25) is 0 Å². The normalized spacial score (nSPS) is 18.5. The molecule has 0 fully saturated rings. The van der Waals surface area contributed by atoms with E-state index < -0.39 is 0 Å². The van der Waals surface area contributed by atoms with Crippen molar-refractivity contribution < 1.29 is 0 Å². The fourth-order valence-electron chi connectivity index (χ4n) is 3.32. The van der Waals surface area contributed by atoms with E-state index in [2.05, 4.69) is 35.5 Å². The van der Waals surface area contributed by atoms with E-state index in [0.29, 0.717) is 6.17 Å². The van der Waals surface area contributed by atoms with Crippen molar-refractivity contribution >= 4 is 0 Å². The van der Waals surface area contributed by atoms with Gasteiger partial charge < -0.3 is 16.0 Å². The quantitative estimate of drug-likeness (QED) is 0.300. The Morgan fingerprint density at radius 1 is 0.958 bits per heavy atom. The van der Waals surface area contributed by atoms with Crippen LogP contribution in [0.3, 0.4) is 0 Å². The minimum absolute atomic E-state index is 0.0804. The number of unbranched alkanes of at least 4 members (excludes halogenated alkanes) is 10. The third kappa shape index (κ3) is 10.0. The molecule has 0 spiro atoms. The summed E-state index contributed by atoms with van der Waals surface area (Å²) < 4.78 is 0. The standard InChI is InChI=1S/C21H41N3/c1-3-4-5-6-7-8-9-10-11-12-13-14-15-16-17-21-23-18-19-24(21)20(2)22/h14-15,18-21,23H,3-13,16-17,22H2,1-2H3/b15-14+. The number of hydrogen-bond donors (Lipinski definition) is 2. The Morgan fingerprint density at radius 3 is 2.17 bits per heavy atom. The van der Waals surface area contributed by atoms with Gasteiger partial charge in [-0.05, 0) is 32.6 Å². The van der Waals surface area contributed by atoms with Crippen LogP contribution in [0.25, 0.3) is 0 Å². The number of nitrogens with two attached hydrogens (primary N) is 1. The van der Waals surface area contributed by atoms with E-state index in [-0.39, 0.29) is 6.17 Å². The molecular weight excluding hydrogens is 294 g/mol. The first kappa shape index (κ1) is 21.1. The zero-order valence-electron chi connectivity index (χ0n) is 16.2. The summed E-state index contributed by atoms with van der Waals surface area (Å²) in [6, 6.07) is 0. The summed E-state index contributed by atoms with van der Waals surface area (Å²) in [4.78, 5) is 2.19. The summed E-state index contributed by atoms with van der Waals surface area (Å²) in [6.45, 7) is 4.32. The Hall–Kier alpha value is -0.960. The maximum absolute atomic E-state index is 5.95. The number of rotatable bonds is 15. The summed E-state index contributed by atoms with van der Waals surface area (Å²) >= 11 is 0. The Bertz CT molecular complexity index is 336. The Labute approximate surface area is 150 Å². The number of hydrogen-bond acceptors (Lipinski definition) is 3. The molecule has 140 valence electrons. The maximum Gasteiger partial charge on any atom is 0.0998 e. The van der Waals surface area contributed by atoms with Gasteiger partial charge in [-0.2, -0.15) is 0 Å². The monoisotopic (exact) mass is 335 g/mol.